The van der Waals surface area contributed by atoms with E-state index in [1.54, 1.807) is 12.1 Å². The number of hydrogen-bond acceptors (Lipinski definition) is 5. The van der Waals surface area contributed by atoms with E-state index in [1.165, 1.54) is 0 Å². The zero-order valence-electron chi connectivity index (χ0n) is 18.9. The lowest BCUT2D eigenvalue weighted by atomic mass is 10.1. The molecule has 0 spiro atoms. The van der Waals surface area contributed by atoms with Gasteiger partial charge in [0.05, 0.1) is 4.92 Å². The number of amides is 1. The number of piperazine rings is 1. The summed E-state index contributed by atoms with van der Waals surface area (Å²) in [5.74, 6) is 0.0393. The van der Waals surface area contributed by atoms with E-state index in [4.69, 9.17) is 0 Å². The summed E-state index contributed by atoms with van der Waals surface area (Å²) in [7, 11) is 0. The van der Waals surface area contributed by atoms with Gasteiger partial charge in [-0.25, -0.2) is 0 Å². The molecule has 0 saturated carbocycles. The van der Waals surface area contributed by atoms with Gasteiger partial charge in [-0.3, -0.25) is 14.9 Å². The molecule has 0 radical (unpaired) electrons. The summed E-state index contributed by atoms with van der Waals surface area (Å²) >= 11 is 0. The fraction of sp³-hybridized carbons (Fsp3) is 0.269. The molecule has 7 heteroatoms. The Labute approximate surface area is 193 Å². The Morgan fingerprint density at radius 1 is 0.970 bits per heavy atom. The van der Waals surface area contributed by atoms with Crippen molar-refractivity contribution in [1.82, 2.24) is 4.90 Å². The fourth-order valence-electron chi connectivity index (χ4n) is 4.10. The first-order chi connectivity index (χ1) is 15.9. The standard InChI is InChI=1S/C26H28N4O3/c1-19-8-10-22(11-9-19)26(31)29-16-14-28(15-17-29)23-12-13-25(30(32)33)24(18-23)27-20(2)21-6-4-3-5-7-21/h3-13,18,20,27H,14-17H2,1-2H3. The van der Waals surface area contributed by atoms with Crippen LogP contribution in [0.3, 0.4) is 0 Å². The number of nitro groups is 1. The number of rotatable bonds is 6. The number of nitrogens with one attached hydrogen (secondary N) is 1. The van der Waals surface area contributed by atoms with E-state index >= 15 is 0 Å². The molecule has 170 valence electrons. The van der Waals surface area contributed by atoms with Crippen LogP contribution in [0.15, 0.2) is 72.8 Å². The van der Waals surface area contributed by atoms with Gasteiger partial charge in [-0.1, -0.05) is 48.0 Å². The van der Waals surface area contributed by atoms with Crippen LogP contribution >= 0.6 is 0 Å². The van der Waals surface area contributed by atoms with Crippen molar-refractivity contribution in [2.24, 2.45) is 0 Å². The number of nitro benzene ring substituents is 1. The molecule has 1 fully saturated rings. The Morgan fingerprint density at radius 3 is 2.27 bits per heavy atom. The van der Waals surface area contributed by atoms with Crippen molar-refractivity contribution in [3.63, 3.8) is 0 Å². The van der Waals surface area contributed by atoms with Crippen molar-refractivity contribution in [2.45, 2.75) is 19.9 Å². The topological polar surface area (TPSA) is 78.7 Å². The van der Waals surface area contributed by atoms with Crippen molar-refractivity contribution in [3.05, 3.63) is 99.6 Å². The van der Waals surface area contributed by atoms with Gasteiger partial charge >= 0.3 is 0 Å². The predicted molar refractivity (Wildman–Crippen MR) is 131 cm³/mol. The van der Waals surface area contributed by atoms with Gasteiger partial charge < -0.3 is 15.1 Å². The van der Waals surface area contributed by atoms with Gasteiger partial charge in [0.2, 0.25) is 0 Å². The smallest absolute Gasteiger partial charge is 0.292 e. The highest BCUT2D eigenvalue weighted by Crippen LogP contribution is 2.33. The van der Waals surface area contributed by atoms with Crippen LogP contribution in [0.1, 0.15) is 34.5 Å². The molecule has 1 amide bonds. The molecule has 1 unspecified atom stereocenters. The first-order valence-corrected chi connectivity index (χ1v) is 11.1. The molecule has 4 rings (SSSR count). The van der Waals surface area contributed by atoms with Crippen molar-refractivity contribution in [3.8, 4) is 0 Å². The van der Waals surface area contributed by atoms with Gasteiger partial charge in [0.15, 0.2) is 0 Å². The minimum absolute atomic E-state index is 0.0393. The summed E-state index contributed by atoms with van der Waals surface area (Å²) in [6.07, 6.45) is 0. The Bertz CT molecular complexity index is 1120. The normalized spacial score (nSPS) is 14.6. The molecule has 7 nitrogen and oxygen atoms in total. The molecule has 0 bridgehead atoms. The van der Waals surface area contributed by atoms with E-state index in [1.807, 2.05) is 79.4 Å². The summed E-state index contributed by atoms with van der Waals surface area (Å²) in [6.45, 7) is 6.54. The quantitative estimate of drug-likeness (QED) is 0.426. The Kier molecular flexibility index (Phi) is 6.58. The van der Waals surface area contributed by atoms with Crippen LogP contribution < -0.4 is 10.2 Å². The summed E-state index contributed by atoms with van der Waals surface area (Å²) in [5, 5.41) is 14.9. The van der Waals surface area contributed by atoms with Gasteiger partial charge in [0.25, 0.3) is 11.6 Å². The minimum Gasteiger partial charge on any atom is -0.373 e. The first-order valence-electron chi connectivity index (χ1n) is 11.1. The van der Waals surface area contributed by atoms with E-state index in [0.29, 0.717) is 37.4 Å². The van der Waals surface area contributed by atoms with Crippen molar-refractivity contribution in [1.29, 1.82) is 0 Å². The van der Waals surface area contributed by atoms with Crippen LogP contribution in [-0.2, 0) is 0 Å². The lowest BCUT2D eigenvalue weighted by Crippen LogP contribution is -2.48. The first kappa shape index (κ1) is 22.3. The van der Waals surface area contributed by atoms with Crippen molar-refractivity contribution in [2.75, 3.05) is 36.4 Å². The molecule has 3 aromatic rings. The molecule has 0 aliphatic carbocycles. The van der Waals surface area contributed by atoms with Crippen LogP contribution in [0, 0.1) is 17.0 Å². The fourth-order valence-corrected chi connectivity index (χ4v) is 4.10. The minimum atomic E-state index is -0.359. The van der Waals surface area contributed by atoms with Gasteiger partial charge in [-0.05, 0) is 43.7 Å². The zero-order valence-corrected chi connectivity index (χ0v) is 18.9. The Balaban J connectivity index is 1.47. The monoisotopic (exact) mass is 444 g/mol. The highest BCUT2D eigenvalue weighted by atomic mass is 16.6. The van der Waals surface area contributed by atoms with E-state index in [0.717, 1.165) is 16.8 Å². The average Bonchev–Trinajstić information content (AvgIpc) is 2.84. The van der Waals surface area contributed by atoms with Crippen molar-refractivity contribution < 1.29 is 9.72 Å². The van der Waals surface area contributed by atoms with Crippen LogP contribution in [0.4, 0.5) is 17.1 Å². The summed E-state index contributed by atoms with van der Waals surface area (Å²) in [5.41, 5.74) is 4.33. The highest BCUT2D eigenvalue weighted by Gasteiger charge is 2.24. The van der Waals surface area contributed by atoms with E-state index in [9.17, 15) is 14.9 Å². The number of nitrogens with zero attached hydrogens (tertiary/aromatic N) is 3. The molecule has 0 aromatic heterocycles. The number of anilines is 2. The van der Waals surface area contributed by atoms with Crippen LogP contribution in [-0.4, -0.2) is 41.9 Å². The van der Waals surface area contributed by atoms with Gasteiger partial charge in [-0.2, -0.15) is 0 Å². The molecule has 1 saturated heterocycles. The van der Waals surface area contributed by atoms with E-state index in [-0.39, 0.29) is 22.6 Å². The SMILES string of the molecule is Cc1ccc(C(=O)N2CCN(c3ccc([N+](=O)[O-])c(NC(C)c4ccccc4)c3)CC2)cc1. The molecular weight excluding hydrogens is 416 g/mol. The number of benzene rings is 3. The van der Waals surface area contributed by atoms with Crippen molar-refractivity contribution >= 4 is 23.0 Å². The second-order valence-corrected chi connectivity index (χ2v) is 8.38. The van der Waals surface area contributed by atoms with Crippen LogP contribution in [0.2, 0.25) is 0 Å². The van der Waals surface area contributed by atoms with Gasteiger partial charge in [0.1, 0.15) is 5.69 Å². The van der Waals surface area contributed by atoms with Crippen LogP contribution in [0.5, 0.6) is 0 Å². The molecule has 1 aliphatic heterocycles. The number of hydrogen-bond donors (Lipinski definition) is 1. The molecule has 1 atom stereocenters. The maximum absolute atomic E-state index is 12.8. The van der Waals surface area contributed by atoms with Gasteiger partial charge in [0, 0.05) is 49.5 Å². The molecule has 1 N–H and O–H groups in total. The van der Waals surface area contributed by atoms with Gasteiger partial charge in [-0.15, -0.1) is 0 Å². The second-order valence-electron chi connectivity index (χ2n) is 8.38. The maximum Gasteiger partial charge on any atom is 0.292 e. The molecule has 33 heavy (non-hydrogen) atoms. The second kappa shape index (κ2) is 9.73. The molecule has 1 heterocycles. The summed E-state index contributed by atoms with van der Waals surface area (Å²) in [6, 6.07) is 22.6. The highest BCUT2D eigenvalue weighted by molar-refractivity contribution is 5.94. The average molecular weight is 445 g/mol. The summed E-state index contributed by atoms with van der Waals surface area (Å²) in [4.78, 5) is 28.1. The van der Waals surface area contributed by atoms with E-state index < -0.39 is 0 Å². The molecule has 1 aliphatic rings. The van der Waals surface area contributed by atoms with Crippen LogP contribution in [0.25, 0.3) is 0 Å². The van der Waals surface area contributed by atoms with E-state index in [2.05, 4.69) is 10.2 Å². The third-order valence-corrected chi connectivity index (χ3v) is 6.08. The third kappa shape index (κ3) is 5.14. The molecule has 3 aromatic carbocycles. The number of carbonyl (C=O) groups is 1. The number of carbonyl (C=O) groups excluding carboxylic acids is 1. The summed E-state index contributed by atoms with van der Waals surface area (Å²) < 4.78 is 0. The third-order valence-electron chi connectivity index (χ3n) is 6.08. The lowest BCUT2D eigenvalue weighted by molar-refractivity contribution is -0.384. The Morgan fingerprint density at radius 2 is 1.64 bits per heavy atom. The molecular formula is C26H28N4O3. The lowest BCUT2D eigenvalue weighted by Gasteiger charge is -2.36. The number of aryl methyl sites for hydroxylation is 1. The zero-order chi connectivity index (χ0) is 23.4. The largest absolute Gasteiger partial charge is 0.373 e. The Hall–Kier alpha value is -3.87. The maximum atomic E-state index is 12.8. The predicted octanol–water partition coefficient (Wildman–Crippen LogP) is 5.04.